The number of amides is 1. The Hall–Kier alpha value is -2.89. The Morgan fingerprint density at radius 1 is 1.17 bits per heavy atom. The maximum atomic E-state index is 12.3. The Balaban J connectivity index is 1.58. The van der Waals surface area contributed by atoms with Crippen molar-refractivity contribution in [3.05, 3.63) is 47.8 Å². The highest BCUT2D eigenvalue weighted by atomic mass is 16.1. The fourth-order valence-corrected chi connectivity index (χ4v) is 4.14. The van der Waals surface area contributed by atoms with Crippen molar-refractivity contribution in [1.29, 1.82) is 0 Å². The van der Waals surface area contributed by atoms with Gasteiger partial charge in [0.2, 0.25) is 5.91 Å². The molecule has 1 aliphatic heterocycles. The fraction of sp³-hybridized carbons (Fsp3) is 0.435. The van der Waals surface area contributed by atoms with Crippen molar-refractivity contribution < 1.29 is 4.79 Å². The summed E-state index contributed by atoms with van der Waals surface area (Å²) in [4.78, 5) is 19.3. The highest BCUT2D eigenvalue weighted by molar-refractivity contribution is 5.80. The number of anilines is 1. The molecule has 1 aromatic carbocycles. The molecule has 29 heavy (non-hydrogen) atoms. The number of hydrogen-bond acceptors (Lipinski definition) is 4. The lowest BCUT2D eigenvalue weighted by Gasteiger charge is -2.32. The summed E-state index contributed by atoms with van der Waals surface area (Å²) in [6.07, 6.45) is 5.39. The molecule has 3 aromatic rings. The standard InChI is InChI=1S/C23H29N5O/c1-15(2)25-23(29)18-7-10-27(11-8-18)22-21-14-20(26-28(21)12-9-24-22)19-6-5-16(3)13-17(19)4/h5-6,9,12-15,18H,7-8,10-11H2,1-4H3,(H,25,29). The zero-order valence-corrected chi connectivity index (χ0v) is 17.6. The van der Waals surface area contributed by atoms with Crippen molar-refractivity contribution in [2.75, 3.05) is 18.0 Å². The van der Waals surface area contributed by atoms with E-state index < -0.39 is 0 Å². The summed E-state index contributed by atoms with van der Waals surface area (Å²) in [5, 5.41) is 7.83. The van der Waals surface area contributed by atoms with Crippen LogP contribution < -0.4 is 10.2 Å². The minimum Gasteiger partial charge on any atom is -0.355 e. The molecule has 0 unspecified atom stereocenters. The highest BCUT2D eigenvalue weighted by Gasteiger charge is 2.27. The van der Waals surface area contributed by atoms with Crippen molar-refractivity contribution in [1.82, 2.24) is 19.9 Å². The molecular formula is C23H29N5O. The van der Waals surface area contributed by atoms with Crippen LogP contribution in [0.5, 0.6) is 0 Å². The van der Waals surface area contributed by atoms with Crippen LogP contribution in [0.25, 0.3) is 16.8 Å². The number of nitrogens with one attached hydrogen (secondary N) is 1. The quantitative estimate of drug-likeness (QED) is 0.736. The molecule has 1 aliphatic rings. The molecule has 3 heterocycles. The molecule has 0 atom stereocenters. The number of nitrogens with zero attached hydrogens (tertiary/aromatic N) is 4. The van der Waals surface area contributed by atoms with Crippen LogP contribution in [-0.2, 0) is 4.79 Å². The van der Waals surface area contributed by atoms with E-state index in [9.17, 15) is 4.79 Å². The maximum absolute atomic E-state index is 12.3. The number of carbonyl (C=O) groups excluding carboxylic acids is 1. The zero-order chi connectivity index (χ0) is 20.5. The van der Waals surface area contributed by atoms with Crippen LogP contribution in [0.2, 0.25) is 0 Å². The summed E-state index contributed by atoms with van der Waals surface area (Å²) < 4.78 is 1.91. The molecule has 0 saturated carbocycles. The molecule has 1 N–H and O–H groups in total. The van der Waals surface area contributed by atoms with Gasteiger partial charge in [-0.15, -0.1) is 0 Å². The summed E-state index contributed by atoms with van der Waals surface area (Å²) >= 11 is 0. The van der Waals surface area contributed by atoms with Gasteiger partial charge in [0.25, 0.3) is 0 Å². The number of carbonyl (C=O) groups is 1. The normalized spacial score (nSPS) is 15.3. The maximum Gasteiger partial charge on any atom is 0.223 e. The summed E-state index contributed by atoms with van der Waals surface area (Å²) in [7, 11) is 0. The third-order valence-corrected chi connectivity index (χ3v) is 5.62. The van der Waals surface area contributed by atoms with E-state index in [1.807, 2.05) is 24.6 Å². The lowest BCUT2D eigenvalue weighted by molar-refractivity contribution is -0.126. The molecule has 6 nitrogen and oxygen atoms in total. The zero-order valence-electron chi connectivity index (χ0n) is 17.6. The lowest BCUT2D eigenvalue weighted by Crippen LogP contribution is -2.42. The Morgan fingerprint density at radius 3 is 2.62 bits per heavy atom. The Kier molecular flexibility index (Phi) is 5.26. The molecule has 1 fully saturated rings. The predicted molar refractivity (Wildman–Crippen MR) is 116 cm³/mol. The Labute approximate surface area is 171 Å². The third kappa shape index (κ3) is 3.97. The second-order valence-corrected chi connectivity index (χ2v) is 8.35. The van der Waals surface area contributed by atoms with Gasteiger partial charge in [0.05, 0.1) is 5.69 Å². The number of piperidine rings is 1. The monoisotopic (exact) mass is 391 g/mol. The van der Waals surface area contributed by atoms with Gasteiger partial charge in [-0.2, -0.15) is 5.10 Å². The summed E-state index contributed by atoms with van der Waals surface area (Å²) in [6.45, 7) is 9.89. The van der Waals surface area contributed by atoms with E-state index in [1.54, 1.807) is 6.20 Å². The largest absolute Gasteiger partial charge is 0.355 e. The molecule has 0 aliphatic carbocycles. The van der Waals surface area contributed by atoms with E-state index in [-0.39, 0.29) is 17.9 Å². The van der Waals surface area contributed by atoms with Crippen LogP contribution in [-0.4, -0.2) is 39.6 Å². The average Bonchev–Trinajstić information content (AvgIpc) is 3.11. The van der Waals surface area contributed by atoms with Gasteiger partial charge in [-0.3, -0.25) is 4.79 Å². The van der Waals surface area contributed by atoms with Crippen molar-refractivity contribution in [3.63, 3.8) is 0 Å². The van der Waals surface area contributed by atoms with Crippen LogP contribution in [0.15, 0.2) is 36.7 Å². The molecule has 0 spiro atoms. The molecule has 0 bridgehead atoms. The third-order valence-electron chi connectivity index (χ3n) is 5.62. The molecule has 1 amide bonds. The number of fused-ring (bicyclic) bond motifs is 1. The minimum atomic E-state index is 0.0871. The lowest BCUT2D eigenvalue weighted by atomic mass is 9.95. The van der Waals surface area contributed by atoms with E-state index in [0.717, 1.165) is 48.5 Å². The Bertz CT molecular complexity index is 1030. The smallest absolute Gasteiger partial charge is 0.223 e. The van der Waals surface area contributed by atoms with Gasteiger partial charge in [0.1, 0.15) is 5.52 Å². The molecule has 1 saturated heterocycles. The van der Waals surface area contributed by atoms with Gasteiger partial charge in [-0.05, 0) is 52.2 Å². The second-order valence-electron chi connectivity index (χ2n) is 8.35. The first-order valence-electron chi connectivity index (χ1n) is 10.4. The first-order valence-corrected chi connectivity index (χ1v) is 10.4. The minimum absolute atomic E-state index is 0.0871. The molecule has 4 rings (SSSR count). The molecule has 2 aromatic heterocycles. The summed E-state index contributed by atoms with van der Waals surface area (Å²) in [5.74, 6) is 1.20. The van der Waals surface area contributed by atoms with E-state index in [4.69, 9.17) is 5.10 Å². The van der Waals surface area contributed by atoms with E-state index in [0.29, 0.717) is 0 Å². The van der Waals surface area contributed by atoms with Crippen molar-refractivity contribution in [3.8, 4) is 11.3 Å². The van der Waals surface area contributed by atoms with Crippen LogP contribution in [0.1, 0.15) is 37.8 Å². The Morgan fingerprint density at radius 2 is 1.93 bits per heavy atom. The number of aromatic nitrogens is 3. The molecule has 6 heteroatoms. The van der Waals surface area contributed by atoms with Crippen LogP contribution in [0.4, 0.5) is 5.82 Å². The second kappa shape index (κ2) is 7.85. The van der Waals surface area contributed by atoms with Gasteiger partial charge < -0.3 is 10.2 Å². The number of hydrogen-bond donors (Lipinski definition) is 1. The predicted octanol–water partition coefficient (Wildman–Crippen LogP) is 3.75. The van der Waals surface area contributed by atoms with Gasteiger partial charge in [-0.1, -0.05) is 23.8 Å². The molecular weight excluding hydrogens is 362 g/mol. The first-order chi connectivity index (χ1) is 13.9. The summed E-state index contributed by atoms with van der Waals surface area (Å²) in [5.41, 5.74) is 5.59. The first kappa shape index (κ1) is 19.4. The van der Waals surface area contributed by atoms with E-state index >= 15 is 0 Å². The van der Waals surface area contributed by atoms with Gasteiger partial charge in [0, 0.05) is 43.0 Å². The highest BCUT2D eigenvalue weighted by Crippen LogP contribution is 2.29. The van der Waals surface area contributed by atoms with Crippen molar-refractivity contribution >= 4 is 17.2 Å². The number of benzene rings is 1. The van der Waals surface area contributed by atoms with Crippen molar-refractivity contribution in [2.24, 2.45) is 5.92 Å². The van der Waals surface area contributed by atoms with E-state index in [1.165, 1.54) is 11.1 Å². The van der Waals surface area contributed by atoms with Gasteiger partial charge >= 0.3 is 0 Å². The van der Waals surface area contributed by atoms with Crippen LogP contribution in [0.3, 0.4) is 0 Å². The topological polar surface area (TPSA) is 62.5 Å². The van der Waals surface area contributed by atoms with E-state index in [2.05, 4.69) is 53.3 Å². The molecule has 152 valence electrons. The van der Waals surface area contributed by atoms with Crippen LogP contribution >= 0.6 is 0 Å². The van der Waals surface area contributed by atoms with Crippen molar-refractivity contribution in [2.45, 2.75) is 46.6 Å². The van der Waals surface area contributed by atoms with Gasteiger partial charge in [0.15, 0.2) is 5.82 Å². The summed E-state index contributed by atoms with van der Waals surface area (Å²) in [6, 6.07) is 8.76. The van der Waals surface area contributed by atoms with Crippen LogP contribution in [0, 0.1) is 19.8 Å². The number of aryl methyl sites for hydroxylation is 2. The average molecular weight is 392 g/mol. The fourth-order valence-electron chi connectivity index (χ4n) is 4.14. The number of rotatable bonds is 4. The SMILES string of the molecule is Cc1ccc(-c2cc3c(N4CCC(C(=O)NC(C)C)CC4)nccn3n2)c(C)c1. The van der Waals surface area contributed by atoms with Gasteiger partial charge in [-0.25, -0.2) is 9.50 Å². The molecule has 0 radical (unpaired) electrons.